The maximum atomic E-state index is 11.1. The average Bonchev–Trinajstić information content (AvgIpc) is 3.14. The lowest BCUT2D eigenvalue weighted by Crippen LogP contribution is -2.20. The molecule has 1 aliphatic heterocycles. The number of amidine groups is 1. The summed E-state index contributed by atoms with van der Waals surface area (Å²) in [5, 5.41) is 5.02. The Bertz CT molecular complexity index is 762. The van der Waals surface area contributed by atoms with Gasteiger partial charge >= 0.3 is 0 Å². The van der Waals surface area contributed by atoms with Gasteiger partial charge < -0.3 is 15.0 Å². The van der Waals surface area contributed by atoms with Gasteiger partial charge in [-0.15, -0.1) is 0 Å². The monoisotopic (exact) mass is 465 g/mol. The lowest BCUT2D eigenvalue weighted by atomic mass is 10.2. The molecule has 1 aliphatic rings. The molecule has 1 amide bonds. The second-order valence-corrected chi connectivity index (χ2v) is 8.66. The maximum absolute atomic E-state index is 11.1. The summed E-state index contributed by atoms with van der Waals surface area (Å²) in [6.45, 7) is 13.1. The Morgan fingerprint density at radius 2 is 2.06 bits per heavy atom. The van der Waals surface area contributed by atoms with Gasteiger partial charge in [0.2, 0.25) is 5.91 Å². The molecule has 31 heavy (non-hydrogen) atoms. The van der Waals surface area contributed by atoms with E-state index in [2.05, 4.69) is 35.6 Å². The van der Waals surface area contributed by atoms with E-state index in [0.717, 1.165) is 29.8 Å². The van der Waals surface area contributed by atoms with E-state index in [9.17, 15) is 9.59 Å². The number of hydrogen-bond donors (Lipinski definition) is 1. The van der Waals surface area contributed by atoms with Crippen LogP contribution >= 0.6 is 23.5 Å². The summed E-state index contributed by atoms with van der Waals surface area (Å²) in [5.74, 6) is 1.30. The number of likely N-dealkylation sites (N-methyl/N-ethyl adjacent to an activating group) is 1. The van der Waals surface area contributed by atoms with E-state index in [-0.39, 0.29) is 5.91 Å². The fourth-order valence-corrected chi connectivity index (χ4v) is 3.02. The average molecular weight is 466 g/mol. The highest BCUT2D eigenvalue weighted by Crippen LogP contribution is 2.25. The summed E-state index contributed by atoms with van der Waals surface area (Å²) < 4.78 is 5.67. The molecule has 1 fully saturated rings. The number of ether oxygens (including phenoxy) is 1. The van der Waals surface area contributed by atoms with Crippen molar-refractivity contribution < 1.29 is 14.3 Å². The van der Waals surface area contributed by atoms with Gasteiger partial charge in [0.1, 0.15) is 12.4 Å². The molecule has 0 atom stereocenters. The number of aryl methyl sites for hydroxylation is 1. The van der Waals surface area contributed by atoms with Gasteiger partial charge in [-0.2, -0.15) is 0 Å². The number of aldehydes is 1. The Balaban J connectivity index is 0.000000685. The van der Waals surface area contributed by atoms with Crippen molar-refractivity contribution in [3.63, 3.8) is 0 Å². The third kappa shape index (κ3) is 13.8. The fraction of sp³-hybridized carbons (Fsp3) is 0.435. The summed E-state index contributed by atoms with van der Waals surface area (Å²) in [4.78, 5) is 28.3. The van der Waals surface area contributed by atoms with Crippen molar-refractivity contribution >= 4 is 46.6 Å². The zero-order valence-electron chi connectivity index (χ0n) is 19.4. The van der Waals surface area contributed by atoms with Crippen LogP contribution in [0.4, 0.5) is 5.69 Å². The lowest BCUT2D eigenvalue weighted by Gasteiger charge is -2.12. The topological polar surface area (TPSA) is 71.0 Å². The molecule has 1 N–H and O–H groups in total. The molecule has 2 rings (SSSR count). The van der Waals surface area contributed by atoms with Gasteiger partial charge in [-0.1, -0.05) is 56.4 Å². The third-order valence-corrected chi connectivity index (χ3v) is 5.05. The predicted molar refractivity (Wildman–Crippen MR) is 136 cm³/mol. The van der Waals surface area contributed by atoms with Gasteiger partial charge in [0, 0.05) is 11.4 Å². The third-order valence-electron chi connectivity index (χ3n) is 3.40. The molecule has 1 heterocycles. The molecule has 8 heteroatoms. The fourth-order valence-electron chi connectivity index (χ4n) is 1.94. The molecule has 1 aromatic carbocycles. The van der Waals surface area contributed by atoms with Crippen molar-refractivity contribution in [3.8, 4) is 5.75 Å². The molecule has 1 saturated heterocycles. The van der Waals surface area contributed by atoms with Crippen LogP contribution in [0.25, 0.3) is 0 Å². The van der Waals surface area contributed by atoms with Crippen LogP contribution in [0.1, 0.15) is 32.8 Å². The molecule has 0 bridgehead atoms. The number of aliphatic imine (C=N–C) groups is 1. The van der Waals surface area contributed by atoms with Crippen LogP contribution in [0.5, 0.6) is 5.75 Å². The number of hydrogen-bond acceptors (Lipinski definition) is 7. The summed E-state index contributed by atoms with van der Waals surface area (Å²) >= 11 is 2.76. The summed E-state index contributed by atoms with van der Waals surface area (Å²) in [7, 11) is 4.03. The van der Waals surface area contributed by atoms with Gasteiger partial charge in [-0.3, -0.25) is 9.59 Å². The number of rotatable bonds is 8. The molecule has 172 valence electrons. The molecule has 0 aliphatic carbocycles. The lowest BCUT2D eigenvalue weighted by molar-refractivity contribution is -0.116. The van der Waals surface area contributed by atoms with Crippen LogP contribution in [-0.2, 0) is 9.59 Å². The minimum Gasteiger partial charge on any atom is -0.492 e. The Morgan fingerprint density at radius 1 is 1.39 bits per heavy atom. The number of thioether (sulfide) groups is 2. The molecule has 0 spiro atoms. The van der Waals surface area contributed by atoms with E-state index in [1.54, 1.807) is 11.5 Å². The van der Waals surface area contributed by atoms with Crippen molar-refractivity contribution in [1.29, 1.82) is 0 Å². The molecule has 0 saturated carbocycles. The highest BCUT2D eigenvalue weighted by atomic mass is 32.2. The highest BCUT2D eigenvalue weighted by molar-refractivity contribution is 8.15. The second-order valence-electron chi connectivity index (χ2n) is 6.65. The number of benzene rings is 1. The quantitative estimate of drug-likeness (QED) is 0.422. The first-order chi connectivity index (χ1) is 14.8. The van der Waals surface area contributed by atoms with Crippen molar-refractivity contribution in [2.24, 2.45) is 4.99 Å². The number of carbonyl (C=O) groups excluding carboxylic acids is 2. The van der Waals surface area contributed by atoms with E-state index in [4.69, 9.17) is 4.74 Å². The number of carbonyl (C=O) groups is 2. The van der Waals surface area contributed by atoms with Crippen LogP contribution < -0.4 is 10.1 Å². The van der Waals surface area contributed by atoms with Gasteiger partial charge in [0.05, 0.1) is 11.4 Å². The van der Waals surface area contributed by atoms with Crippen LogP contribution in [0.3, 0.4) is 0 Å². The first-order valence-corrected chi connectivity index (χ1v) is 12.0. The largest absolute Gasteiger partial charge is 0.492 e. The van der Waals surface area contributed by atoms with Crippen LogP contribution in [-0.4, -0.2) is 55.3 Å². The van der Waals surface area contributed by atoms with Crippen molar-refractivity contribution in [2.45, 2.75) is 34.1 Å². The zero-order valence-corrected chi connectivity index (χ0v) is 21.1. The highest BCUT2D eigenvalue weighted by Gasteiger charge is 2.16. The minimum absolute atomic E-state index is 0.00930. The summed E-state index contributed by atoms with van der Waals surface area (Å²) in [6.07, 6.45) is 3.81. The maximum Gasteiger partial charge on any atom is 0.236 e. The number of allylic oxidation sites excluding steroid dienone is 2. The first-order valence-electron chi connectivity index (χ1n) is 10.1. The zero-order chi connectivity index (χ0) is 23.6. The Morgan fingerprint density at radius 3 is 2.48 bits per heavy atom. The van der Waals surface area contributed by atoms with Gasteiger partial charge in [0.25, 0.3) is 0 Å². The van der Waals surface area contributed by atoms with Gasteiger partial charge in [0.15, 0.2) is 11.5 Å². The standard InChI is InChI=1S/C14H19N3O2S.C6H8OS.C3H8/c1-10-8-11(19-7-6-17(2)3)4-5-12(10)15-14-16-13(18)9-20-14;1-3-6(5-7)8-4-2;1-3-2/h4-5,8H,6-7,9H2,1-3H3,(H,15,16,18);3-5H,2H2,1H3;3H2,1-2H3/b;6-3-;. The van der Waals surface area contributed by atoms with Crippen molar-refractivity contribution in [3.05, 3.63) is 46.7 Å². The first kappa shape index (κ1) is 29.0. The van der Waals surface area contributed by atoms with Crippen LogP contribution in [0, 0.1) is 6.92 Å². The van der Waals surface area contributed by atoms with Crippen LogP contribution in [0.2, 0.25) is 0 Å². The smallest absolute Gasteiger partial charge is 0.236 e. The summed E-state index contributed by atoms with van der Waals surface area (Å²) in [5.41, 5.74) is 1.89. The number of amides is 1. The SMILES string of the molecule is C=CS/C(C=O)=C\C.CCC.Cc1cc(OCCN(C)C)ccc1N=C1NC(=O)CS1. The molecular formula is C23H35N3O3S2. The Kier molecular flexibility index (Phi) is 16.5. The number of nitrogens with one attached hydrogen (secondary N) is 1. The van der Waals surface area contributed by atoms with E-state index in [0.29, 0.717) is 22.4 Å². The molecule has 0 aromatic heterocycles. The van der Waals surface area contributed by atoms with Gasteiger partial charge in [-0.25, -0.2) is 4.99 Å². The Labute approximate surface area is 195 Å². The second kappa shape index (κ2) is 17.6. The van der Waals surface area contributed by atoms with E-state index in [1.807, 2.05) is 46.1 Å². The molecule has 6 nitrogen and oxygen atoms in total. The Hall–Kier alpha value is -2.03. The van der Waals surface area contributed by atoms with E-state index < -0.39 is 0 Å². The molecule has 0 radical (unpaired) electrons. The minimum atomic E-state index is 0.00930. The normalized spacial score (nSPS) is 14.2. The van der Waals surface area contributed by atoms with Crippen molar-refractivity contribution in [2.75, 3.05) is 33.0 Å². The van der Waals surface area contributed by atoms with Crippen LogP contribution in [0.15, 0.2) is 46.2 Å². The molecular weight excluding hydrogens is 430 g/mol. The van der Waals surface area contributed by atoms with Gasteiger partial charge in [-0.05, 0) is 57.1 Å². The predicted octanol–water partition coefficient (Wildman–Crippen LogP) is 5.17. The molecule has 0 unspecified atom stereocenters. The summed E-state index contributed by atoms with van der Waals surface area (Å²) in [6, 6.07) is 5.79. The number of nitrogens with zero attached hydrogens (tertiary/aromatic N) is 2. The van der Waals surface area contributed by atoms with E-state index >= 15 is 0 Å². The molecule has 1 aromatic rings. The van der Waals surface area contributed by atoms with E-state index in [1.165, 1.54) is 29.9 Å². The van der Waals surface area contributed by atoms with Crippen molar-refractivity contribution in [1.82, 2.24) is 10.2 Å².